The molecule has 17 heavy (non-hydrogen) atoms. The predicted molar refractivity (Wildman–Crippen MR) is 60.8 cm³/mol. The van der Waals surface area contributed by atoms with E-state index in [0.29, 0.717) is 24.5 Å². The number of aromatic nitrogens is 3. The van der Waals surface area contributed by atoms with E-state index in [1.807, 2.05) is 0 Å². The lowest BCUT2D eigenvalue weighted by atomic mass is 10.1. The molecule has 0 saturated heterocycles. The fourth-order valence-electron chi connectivity index (χ4n) is 1.06. The van der Waals surface area contributed by atoms with Crippen LogP contribution in [-0.4, -0.2) is 38.5 Å². The van der Waals surface area contributed by atoms with E-state index < -0.39 is 17.9 Å². The maximum atomic E-state index is 11.3. The summed E-state index contributed by atoms with van der Waals surface area (Å²) in [5, 5.41) is 20.9. The molecule has 1 heterocycles. The molecule has 0 radical (unpaired) electrons. The minimum Gasteiger partial charge on any atom is -0.481 e. The van der Waals surface area contributed by atoms with E-state index >= 15 is 0 Å². The lowest BCUT2D eigenvalue weighted by Gasteiger charge is -2.07. The number of anilines is 1. The van der Waals surface area contributed by atoms with E-state index in [1.165, 1.54) is 0 Å². The van der Waals surface area contributed by atoms with E-state index in [-0.39, 0.29) is 0 Å². The van der Waals surface area contributed by atoms with Crippen LogP contribution in [0, 0.1) is 5.92 Å². The standard InChI is InChI=1S/C8H13N5O3S/c1-5(6(14)15)3-2-4-9-7(16)10-8-11-12-13-17-8/h5H,2-4H2,1H3,(H,14,15)(H2,9,10,11,13,16). The van der Waals surface area contributed by atoms with Crippen molar-refractivity contribution < 1.29 is 14.7 Å². The smallest absolute Gasteiger partial charge is 0.321 e. The summed E-state index contributed by atoms with van der Waals surface area (Å²) in [5.41, 5.74) is 0. The van der Waals surface area contributed by atoms with Crippen LogP contribution in [0.3, 0.4) is 0 Å². The Morgan fingerprint density at radius 3 is 2.88 bits per heavy atom. The minimum atomic E-state index is -0.825. The summed E-state index contributed by atoms with van der Waals surface area (Å²) >= 11 is 0.977. The molecular weight excluding hydrogens is 246 g/mol. The minimum absolute atomic E-state index is 0.321. The number of urea groups is 1. The summed E-state index contributed by atoms with van der Waals surface area (Å²) < 4.78 is 3.49. The summed E-state index contributed by atoms with van der Waals surface area (Å²) in [5.74, 6) is -1.22. The molecule has 0 aliphatic rings. The van der Waals surface area contributed by atoms with Gasteiger partial charge in [-0.1, -0.05) is 16.5 Å². The van der Waals surface area contributed by atoms with Crippen LogP contribution in [0.15, 0.2) is 0 Å². The molecule has 0 aromatic carbocycles. The first-order valence-corrected chi connectivity index (χ1v) is 5.79. The molecule has 0 aliphatic heterocycles. The van der Waals surface area contributed by atoms with Crippen molar-refractivity contribution in [3.05, 3.63) is 0 Å². The highest BCUT2D eigenvalue weighted by Gasteiger charge is 2.10. The molecule has 2 amide bonds. The van der Waals surface area contributed by atoms with Gasteiger partial charge < -0.3 is 10.4 Å². The molecule has 1 aromatic rings. The molecule has 0 bridgehead atoms. The van der Waals surface area contributed by atoms with E-state index in [0.717, 1.165) is 11.5 Å². The number of rotatable bonds is 6. The lowest BCUT2D eigenvalue weighted by Crippen LogP contribution is -2.29. The highest BCUT2D eigenvalue weighted by atomic mass is 32.1. The molecule has 3 N–H and O–H groups in total. The van der Waals surface area contributed by atoms with E-state index in [2.05, 4.69) is 25.4 Å². The molecule has 1 unspecified atom stereocenters. The second-order valence-corrected chi connectivity index (χ2v) is 4.16. The van der Waals surface area contributed by atoms with Crippen LogP contribution in [0.5, 0.6) is 0 Å². The summed E-state index contributed by atoms with van der Waals surface area (Å²) in [4.78, 5) is 21.8. The first kappa shape index (κ1) is 13.3. The first-order chi connectivity index (χ1) is 8.09. The Balaban J connectivity index is 2.10. The normalized spacial score (nSPS) is 11.8. The molecular formula is C8H13N5O3S. The van der Waals surface area contributed by atoms with Crippen molar-refractivity contribution in [2.45, 2.75) is 19.8 Å². The molecule has 1 aromatic heterocycles. The van der Waals surface area contributed by atoms with Crippen LogP contribution in [0.4, 0.5) is 9.93 Å². The van der Waals surface area contributed by atoms with Gasteiger partial charge in [0.15, 0.2) is 0 Å². The largest absolute Gasteiger partial charge is 0.481 e. The van der Waals surface area contributed by atoms with Crippen LogP contribution in [0.25, 0.3) is 0 Å². The van der Waals surface area contributed by atoms with Crippen molar-refractivity contribution in [2.24, 2.45) is 5.92 Å². The van der Waals surface area contributed by atoms with Crippen LogP contribution in [0.2, 0.25) is 0 Å². The molecule has 9 heteroatoms. The topological polar surface area (TPSA) is 117 Å². The number of hydrogen-bond donors (Lipinski definition) is 3. The number of carbonyl (C=O) groups excluding carboxylic acids is 1. The van der Waals surface area contributed by atoms with E-state index in [1.54, 1.807) is 6.92 Å². The molecule has 0 fully saturated rings. The van der Waals surface area contributed by atoms with Crippen LogP contribution < -0.4 is 10.6 Å². The van der Waals surface area contributed by atoms with E-state index in [9.17, 15) is 9.59 Å². The van der Waals surface area contributed by atoms with Gasteiger partial charge in [-0.15, -0.1) is 0 Å². The highest BCUT2D eigenvalue weighted by molar-refractivity contribution is 7.09. The van der Waals surface area contributed by atoms with Crippen LogP contribution >= 0.6 is 11.5 Å². The summed E-state index contributed by atoms with van der Waals surface area (Å²) in [6.45, 7) is 2.05. The zero-order valence-electron chi connectivity index (χ0n) is 9.21. The highest BCUT2D eigenvalue weighted by Crippen LogP contribution is 2.05. The van der Waals surface area contributed by atoms with Crippen molar-refractivity contribution in [1.29, 1.82) is 0 Å². The molecule has 0 spiro atoms. The molecule has 94 valence electrons. The number of carbonyl (C=O) groups is 2. The zero-order valence-corrected chi connectivity index (χ0v) is 10.0. The lowest BCUT2D eigenvalue weighted by molar-refractivity contribution is -0.141. The summed E-state index contributed by atoms with van der Waals surface area (Å²) in [6.07, 6.45) is 1.13. The monoisotopic (exact) mass is 259 g/mol. The van der Waals surface area contributed by atoms with Gasteiger partial charge in [-0.05, 0) is 18.1 Å². The fourth-order valence-corrected chi connectivity index (χ4v) is 1.42. The van der Waals surface area contributed by atoms with Gasteiger partial charge in [0.2, 0.25) is 5.13 Å². The molecule has 0 aliphatic carbocycles. The van der Waals surface area contributed by atoms with Gasteiger partial charge in [-0.3, -0.25) is 10.1 Å². The quantitative estimate of drug-likeness (QED) is 0.642. The average molecular weight is 259 g/mol. The Morgan fingerprint density at radius 1 is 1.53 bits per heavy atom. The second-order valence-electron chi connectivity index (χ2n) is 3.43. The van der Waals surface area contributed by atoms with Crippen molar-refractivity contribution in [3.63, 3.8) is 0 Å². The Kier molecular flexibility index (Phi) is 5.27. The second kappa shape index (κ2) is 6.74. The van der Waals surface area contributed by atoms with Gasteiger partial charge in [0.05, 0.1) is 5.92 Å². The number of carboxylic acid groups (broad SMARTS) is 1. The van der Waals surface area contributed by atoms with Gasteiger partial charge >= 0.3 is 12.0 Å². The Labute approximate surface area is 102 Å². The number of carboxylic acids is 1. The van der Waals surface area contributed by atoms with Crippen LogP contribution in [0.1, 0.15) is 19.8 Å². The van der Waals surface area contributed by atoms with Crippen molar-refractivity contribution in [3.8, 4) is 0 Å². The third-order valence-corrected chi connectivity index (χ3v) is 2.55. The SMILES string of the molecule is CC(CCCNC(=O)Nc1nnns1)C(=O)O. The maximum absolute atomic E-state index is 11.3. The number of hydrogen-bond acceptors (Lipinski definition) is 6. The number of nitrogens with one attached hydrogen (secondary N) is 2. The van der Waals surface area contributed by atoms with Crippen molar-refractivity contribution in [2.75, 3.05) is 11.9 Å². The average Bonchev–Trinajstić information content (AvgIpc) is 2.76. The van der Waals surface area contributed by atoms with Crippen molar-refractivity contribution >= 4 is 28.7 Å². The molecule has 0 saturated carbocycles. The fraction of sp³-hybridized carbons (Fsp3) is 0.625. The molecule has 1 rings (SSSR count). The van der Waals surface area contributed by atoms with Gasteiger partial charge in [0, 0.05) is 18.1 Å². The number of amides is 2. The number of nitrogens with zero attached hydrogens (tertiary/aromatic N) is 3. The third-order valence-electron chi connectivity index (χ3n) is 2.04. The maximum Gasteiger partial charge on any atom is 0.321 e. The number of aliphatic carboxylic acids is 1. The third kappa shape index (κ3) is 5.20. The Hall–Kier alpha value is -1.77. The van der Waals surface area contributed by atoms with Gasteiger partial charge in [0.1, 0.15) is 0 Å². The Morgan fingerprint density at radius 2 is 2.29 bits per heavy atom. The predicted octanol–water partition coefficient (Wildman–Crippen LogP) is 0.555. The van der Waals surface area contributed by atoms with Crippen LogP contribution in [-0.2, 0) is 4.79 Å². The first-order valence-electron chi connectivity index (χ1n) is 5.02. The molecule has 1 atom stereocenters. The summed E-state index contributed by atoms with van der Waals surface area (Å²) in [7, 11) is 0. The van der Waals surface area contributed by atoms with E-state index in [4.69, 9.17) is 5.11 Å². The van der Waals surface area contributed by atoms with Gasteiger partial charge in [-0.25, -0.2) is 4.79 Å². The van der Waals surface area contributed by atoms with Gasteiger partial charge in [-0.2, -0.15) is 0 Å². The molecule has 8 nitrogen and oxygen atoms in total. The zero-order chi connectivity index (χ0) is 12.7. The van der Waals surface area contributed by atoms with Crippen molar-refractivity contribution in [1.82, 2.24) is 20.1 Å². The Bertz CT molecular complexity index is 369. The van der Waals surface area contributed by atoms with Gasteiger partial charge in [0.25, 0.3) is 0 Å². The summed E-state index contributed by atoms with van der Waals surface area (Å²) in [6, 6.07) is -0.397.